The Bertz CT molecular complexity index is 622. The molecular formula is C19H34N4O5S2. The summed E-state index contributed by atoms with van der Waals surface area (Å²) in [5.74, 6) is -1.84. The van der Waals surface area contributed by atoms with Crippen molar-refractivity contribution < 1.29 is 24.3 Å². The van der Waals surface area contributed by atoms with Crippen LogP contribution in [0.3, 0.4) is 0 Å². The number of nitrogens with two attached hydrogens (primary N) is 1. The number of nitrogens with zero attached hydrogens (tertiary/aromatic N) is 1. The number of likely N-dealkylation sites (tertiary alicyclic amines) is 1. The molecule has 30 heavy (non-hydrogen) atoms. The van der Waals surface area contributed by atoms with Crippen molar-refractivity contribution in [1.29, 1.82) is 0 Å². The van der Waals surface area contributed by atoms with E-state index in [0.717, 1.165) is 0 Å². The molecule has 11 heteroatoms. The molecule has 5 N–H and O–H groups in total. The lowest BCUT2D eigenvalue weighted by atomic mass is 9.98. The van der Waals surface area contributed by atoms with Gasteiger partial charge in [0.2, 0.25) is 17.7 Å². The van der Waals surface area contributed by atoms with Gasteiger partial charge < -0.3 is 26.4 Å². The van der Waals surface area contributed by atoms with Crippen LogP contribution in [0.1, 0.15) is 39.5 Å². The highest BCUT2D eigenvalue weighted by atomic mass is 32.2. The van der Waals surface area contributed by atoms with E-state index in [4.69, 9.17) is 5.73 Å². The number of thiol groups is 1. The maximum absolute atomic E-state index is 13.2. The third-order valence-electron chi connectivity index (χ3n) is 5.37. The molecule has 9 nitrogen and oxygen atoms in total. The molecule has 1 aliphatic rings. The van der Waals surface area contributed by atoms with Crippen LogP contribution in [0.2, 0.25) is 0 Å². The van der Waals surface area contributed by atoms with Gasteiger partial charge in [-0.15, -0.1) is 0 Å². The predicted molar refractivity (Wildman–Crippen MR) is 121 cm³/mol. The third-order valence-corrected chi connectivity index (χ3v) is 6.41. The van der Waals surface area contributed by atoms with Gasteiger partial charge >= 0.3 is 5.97 Å². The molecule has 0 radical (unpaired) electrons. The van der Waals surface area contributed by atoms with Crippen molar-refractivity contribution >= 4 is 48.1 Å². The van der Waals surface area contributed by atoms with Crippen LogP contribution in [0.15, 0.2) is 0 Å². The largest absolute Gasteiger partial charge is 0.480 e. The fourth-order valence-corrected chi connectivity index (χ4v) is 3.93. The summed E-state index contributed by atoms with van der Waals surface area (Å²) in [5, 5.41) is 14.7. The van der Waals surface area contributed by atoms with Gasteiger partial charge in [0.1, 0.15) is 18.1 Å². The van der Waals surface area contributed by atoms with Crippen LogP contribution >= 0.6 is 24.4 Å². The molecule has 0 aromatic rings. The molecule has 1 rings (SSSR count). The number of rotatable bonds is 12. The minimum atomic E-state index is -1.10. The Hall–Kier alpha value is -1.46. The molecule has 0 aliphatic carbocycles. The first-order chi connectivity index (χ1) is 14.2. The number of aliphatic carboxylic acids is 1. The lowest BCUT2D eigenvalue weighted by molar-refractivity contribution is -0.146. The molecule has 0 bridgehead atoms. The van der Waals surface area contributed by atoms with Gasteiger partial charge in [0.25, 0.3) is 0 Å². The van der Waals surface area contributed by atoms with E-state index in [1.807, 2.05) is 13.2 Å². The van der Waals surface area contributed by atoms with E-state index < -0.39 is 42.0 Å². The molecule has 5 unspecified atom stereocenters. The van der Waals surface area contributed by atoms with E-state index in [2.05, 4.69) is 23.3 Å². The summed E-state index contributed by atoms with van der Waals surface area (Å²) in [5.41, 5.74) is 5.71. The summed E-state index contributed by atoms with van der Waals surface area (Å²) in [6, 6.07) is -3.40. The lowest BCUT2D eigenvalue weighted by Gasteiger charge is -2.30. The topological polar surface area (TPSA) is 142 Å². The normalized spacial score (nSPS) is 20.2. The molecule has 1 heterocycles. The van der Waals surface area contributed by atoms with E-state index in [0.29, 0.717) is 38.0 Å². The number of thioether (sulfide) groups is 1. The highest BCUT2D eigenvalue weighted by Crippen LogP contribution is 2.21. The van der Waals surface area contributed by atoms with Gasteiger partial charge in [-0.05, 0) is 37.2 Å². The van der Waals surface area contributed by atoms with Crippen LogP contribution in [-0.2, 0) is 19.2 Å². The number of hydrogen-bond acceptors (Lipinski definition) is 7. The van der Waals surface area contributed by atoms with E-state index in [9.17, 15) is 24.3 Å². The number of carbonyl (C=O) groups is 4. The molecule has 172 valence electrons. The highest BCUT2D eigenvalue weighted by molar-refractivity contribution is 7.98. The lowest BCUT2D eigenvalue weighted by Crippen LogP contribution is -2.57. The van der Waals surface area contributed by atoms with Crippen molar-refractivity contribution in [2.75, 3.05) is 24.3 Å². The van der Waals surface area contributed by atoms with E-state index in [-0.39, 0.29) is 17.6 Å². The number of carboxylic acids is 1. The Morgan fingerprint density at radius 1 is 1.30 bits per heavy atom. The summed E-state index contributed by atoms with van der Waals surface area (Å²) >= 11 is 5.56. The van der Waals surface area contributed by atoms with Crippen LogP contribution in [0.4, 0.5) is 0 Å². The smallest absolute Gasteiger partial charge is 0.326 e. The van der Waals surface area contributed by atoms with Gasteiger partial charge in [-0.25, -0.2) is 4.79 Å². The molecule has 5 atom stereocenters. The number of carbonyl (C=O) groups excluding carboxylic acids is 3. The molecule has 1 saturated heterocycles. The number of nitrogens with one attached hydrogen (secondary N) is 2. The van der Waals surface area contributed by atoms with Gasteiger partial charge in [-0.1, -0.05) is 20.3 Å². The Morgan fingerprint density at radius 3 is 2.50 bits per heavy atom. The van der Waals surface area contributed by atoms with Crippen LogP contribution in [0.5, 0.6) is 0 Å². The Morgan fingerprint density at radius 2 is 1.97 bits per heavy atom. The first-order valence-corrected chi connectivity index (χ1v) is 12.2. The monoisotopic (exact) mass is 462 g/mol. The zero-order valence-corrected chi connectivity index (χ0v) is 19.5. The first kappa shape index (κ1) is 26.6. The quantitative estimate of drug-likeness (QED) is 0.259. The molecule has 0 aromatic heterocycles. The van der Waals surface area contributed by atoms with Crippen LogP contribution in [0.25, 0.3) is 0 Å². The Balaban J connectivity index is 2.94. The molecule has 3 amide bonds. The van der Waals surface area contributed by atoms with E-state index in [1.54, 1.807) is 18.7 Å². The second-order valence-corrected chi connectivity index (χ2v) is 8.88. The zero-order chi connectivity index (χ0) is 22.8. The number of amides is 3. The molecule has 1 fully saturated rings. The summed E-state index contributed by atoms with van der Waals surface area (Å²) in [7, 11) is 0. The highest BCUT2D eigenvalue weighted by Gasteiger charge is 2.39. The first-order valence-electron chi connectivity index (χ1n) is 10.2. The van der Waals surface area contributed by atoms with Crippen LogP contribution < -0.4 is 16.4 Å². The molecular weight excluding hydrogens is 428 g/mol. The van der Waals surface area contributed by atoms with Crippen molar-refractivity contribution in [3.8, 4) is 0 Å². The van der Waals surface area contributed by atoms with Gasteiger partial charge in [0.05, 0.1) is 6.04 Å². The summed E-state index contributed by atoms with van der Waals surface area (Å²) in [4.78, 5) is 51.2. The van der Waals surface area contributed by atoms with Crippen molar-refractivity contribution in [2.24, 2.45) is 11.7 Å². The number of hydrogen-bond donors (Lipinski definition) is 5. The standard InChI is InChI=1S/C19H34N4O5S2/c1-4-11(2)15(19(27)28)22-17(25)14-6-5-8-23(14)18(26)13(7-9-30-3)21-16(24)12(20)10-29/h11-15,29H,4-10,20H2,1-3H3,(H,21,24)(H,22,25)(H,27,28). The minimum Gasteiger partial charge on any atom is -0.480 e. The summed E-state index contributed by atoms with van der Waals surface area (Å²) < 4.78 is 0. The average Bonchev–Trinajstić information content (AvgIpc) is 3.22. The minimum absolute atomic E-state index is 0.149. The van der Waals surface area contributed by atoms with E-state index in [1.165, 1.54) is 4.90 Å². The molecule has 0 aromatic carbocycles. The number of carboxylic acid groups (broad SMARTS) is 1. The SMILES string of the molecule is CCC(C)C(NC(=O)C1CCCN1C(=O)C(CCSC)NC(=O)C(N)CS)C(=O)O. The van der Waals surface area contributed by atoms with Gasteiger partial charge in [-0.3, -0.25) is 14.4 Å². The Labute approximate surface area is 187 Å². The van der Waals surface area contributed by atoms with Gasteiger partial charge in [0.15, 0.2) is 0 Å². The Kier molecular flexibility index (Phi) is 11.6. The van der Waals surface area contributed by atoms with Gasteiger partial charge in [0, 0.05) is 12.3 Å². The van der Waals surface area contributed by atoms with Crippen molar-refractivity contribution in [2.45, 2.75) is 63.7 Å². The summed E-state index contributed by atoms with van der Waals surface area (Å²) in [6.45, 7) is 3.99. The van der Waals surface area contributed by atoms with Gasteiger partial charge in [-0.2, -0.15) is 24.4 Å². The fourth-order valence-electron chi connectivity index (χ4n) is 3.29. The molecule has 0 spiro atoms. The average molecular weight is 463 g/mol. The zero-order valence-electron chi connectivity index (χ0n) is 17.8. The van der Waals surface area contributed by atoms with Crippen LogP contribution in [-0.4, -0.2) is 82.2 Å². The predicted octanol–water partition coefficient (Wildman–Crippen LogP) is 0.0879. The second kappa shape index (κ2) is 13.1. The molecule has 0 saturated carbocycles. The summed E-state index contributed by atoms with van der Waals surface area (Å²) in [6.07, 6.45) is 3.98. The van der Waals surface area contributed by atoms with Crippen molar-refractivity contribution in [1.82, 2.24) is 15.5 Å². The molecule has 1 aliphatic heterocycles. The van der Waals surface area contributed by atoms with Crippen molar-refractivity contribution in [3.05, 3.63) is 0 Å². The second-order valence-electron chi connectivity index (χ2n) is 7.53. The fraction of sp³-hybridized carbons (Fsp3) is 0.789. The van der Waals surface area contributed by atoms with Crippen LogP contribution in [0, 0.1) is 5.92 Å². The maximum atomic E-state index is 13.2. The third kappa shape index (κ3) is 7.35. The van der Waals surface area contributed by atoms with E-state index >= 15 is 0 Å². The van der Waals surface area contributed by atoms with Crippen molar-refractivity contribution in [3.63, 3.8) is 0 Å². The maximum Gasteiger partial charge on any atom is 0.326 e.